The summed E-state index contributed by atoms with van der Waals surface area (Å²) in [5.74, 6) is -0.255. The Morgan fingerprint density at radius 3 is 2.33 bits per heavy atom. The van der Waals surface area contributed by atoms with Gasteiger partial charge < -0.3 is 10.4 Å². The van der Waals surface area contributed by atoms with Crippen molar-refractivity contribution in [3.8, 4) is 0 Å². The van der Waals surface area contributed by atoms with Crippen molar-refractivity contribution in [2.24, 2.45) is 5.92 Å². The van der Waals surface area contributed by atoms with Gasteiger partial charge in [0.1, 0.15) is 6.04 Å². The van der Waals surface area contributed by atoms with E-state index in [1.165, 1.54) is 6.42 Å². The predicted octanol–water partition coefficient (Wildman–Crippen LogP) is 0.992. The van der Waals surface area contributed by atoms with Crippen LogP contribution in [0.3, 0.4) is 0 Å². The topological polar surface area (TPSA) is 49.3 Å². The number of nitrogens with one attached hydrogen (secondary N) is 1. The molecule has 0 heterocycles. The lowest BCUT2D eigenvalue weighted by Gasteiger charge is -2.31. The van der Waals surface area contributed by atoms with Gasteiger partial charge in [-0.2, -0.15) is 0 Å². The average molecular weight is 169 g/mol. The summed E-state index contributed by atoms with van der Waals surface area (Å²) >= 11 is 0. The summed E-state index contributed by atoms with van der Waals surface area (Å²) in [4.78, 5) is 10.8. The number of aliphatic carboxylic acids is 1. The molecule has 0 bridgehead atoms. The van der Waals surface area contributed by atoms with Gasteiger partial charge in [0.05, 0.1) is 0 Å². The highest BCUT2D eigenvalue weighted by molar-refractivity contribution is 5.74. The van der Waals surface area contributed by atoms with Gasteiger partial charge in [0.15, 0.2) is 0 Å². The Morgan fingerprint density at radius 2 is 2.00 bits per heavy atom. The van der Waals surface area contributed by atoms with Crippen molar-refractivity contribution in [2.75, 3.05) is 0 Å². The van der Waals surface area contributed by atoms with Crippen LogP contribution in [0.2, 0.25) is 0 Å². The van der Waals surface area contributed by atoms with E-state index in [-0.39, 0.29) is 6.04 Å². The van der Waals surface area contributed by atoms with E-state index in [2.05, 4.69) is 5.32 Å². The highest BCUT2D eigenvalue weighted by Gasteiger charge is 2.36. The molecule has 0 amide bonds. The second-order valence-electron chi connectivity index (χ2n) is 3.95. The van der Waals surface area contributed by atoms with Crippen LogP contribution in [0.25, 0.3) is 0 Å². The Morgan fingerprint density at radius 1 is 1.33 bits per heavy atom. The molecule has 2 fully saturated rings. The standard InChI is InChI=1S/C9H15NO2/c11-9(12)8(6-2-1-3-6)10-7-4-5-7/h6-8,10H,1-5H2,(H,11,12). The fourth-order valence-corrected chi connectivity index (χ4v) is 1.69. The van der Waals surface area contributed by atoms with Crippen LogP contribution in [-0.2, 0) is 4.79 Å². The number of hydrogen-bond donors (Lipinski definition) is 2. The van der Waals surface area contributed by atoms with Crippen molar-refractivity contribution in [1.29, 1.82) is 0 Å². The van der Waals surface area contributed by atoms with Gasteiger partial charge in [0.25, 0.3) is 0 Å². The maximum Gasteiger partial charge on any atom is 0.320 e. The molecule has 0 saturated heterocycles. The van der Waals surface area contributed by atoms with Crippen LogP contribution in [0, 0.1) is 5.92 Å². The lowest BCUT2D eigenvalue weighted by atomic mass is 9.79. The summed E-state index contributed by atoms with van der Waals surface area (Å²) in [7, 11) is 0. The smallest absolute Gasteiger partial charge is 0.320 e. The Balaban J connectivity index is 1.86. The molecular formula is C9H15NO2. The third-order valence-electron chi connectivity index (χ3n) is 2.88. The van der Waals surface area contributed by atoms with Crippen LogP contribution in [0.1, 0.15) is 32.1 Å². The van der Waals surface area contributed by atoms with Crippen molar-refractivity contribution in [1.82, 2.24) is 5.32 Å². The maximum absolute atomic E-state index is 10.8. The molecule has 12 heavy (non-hydrogen) atoms. The van der Waals surface area contributed by atoms with Crippen LogP contribution in [0.5, 0.6) is 0 Å². The van der Waals surface area contributed by atoms with E-state index >= 15 is 0 Å². The summed E-state index contributed by atoms with van der Waals surface area (Å²) < 4.78 is 0. The first kappa shape index (κ1) is 8.05. The van der Waals surface area contributed by atoms with E-state index in [9.17, 15) is 4.79 Å². The first-order valence-corrected chi connectivity index (χ1v) is 4.76. The molecule has 2 aliphatic rings. The Kier molecular flexibility index (Phi) is 2.05. The van der Waals surface area contributed by atoms with E-state index in [0.29, 0.717) is 12.0 Å². The van der Waals surface area contributed by atoms with Gasteiger partial charge in [-0.25, -0.2) is 0 Å². The molecule has 0 aromatic carbocycles. The minimum Gasteiger partial charge on any atom is -0.480 e. The average Bonchev–Trinajstić information content (AvgIpc) is 2.65. The van der Waals surface area contributed by atoms with Crippen LogP contribution in [0.4, 0.5) is 0 Å². The quantitative estimate of drug-likeness (QED) is 0.660. The van der Waals surface area contributed by atoms with Gasteiger partial charge in [0, 0.05) is 6.04 Å². The Hall–Kier alpha value is -0.570. The molecule has 0 aliphatic heterocycles. The van der Waals surface area contributed by atoms with Gasteiger partial charge in [-0.1, -0.05) is 6.42 Å². The molecule has 1 unspecified atom stereocenters. The zero-order valence-electron chi connectivity index (χ0n) is 7.12. The van der Waals surface area contributed by atoms with Gasteiger partial charge in [-0.15, -0.1) is 0 Å². The van der Waals surface area contributed by atoms with Gasteiger partial charge >= 0.3 is 5.97 Å². The Labute approximate surface area is 72.2 Å². The molecular weight excluding hydrogens is 154 g/mol. The van der Waals surface area contributed by atoms with E-state index < -0.39 is 5.97 Å². The van der Waals surface area contributed by atoms with Gasteiger partial charge in [-0.3, -0.25) is 4.79 Å². The van der Waals surface area contributed by atoms with Crippen LogP contribution in [-0.4, -0.2) is 23.2 Å². The summed E-state index contributed by atoms with van der Waals surface area (Å²) in [5, 5.41) is 12.1. The molecule has 68 valence electrons. The van der Waals surface area contributed by atoms with E-state index in [1.54, 1.807) is 0 Å². The first-order chi connectivity index (χ1) is 5.77. The van der Waals surface area contributed by atoms with E-state index in [1.807, 2.05) is 0 Å². The highest BCUT2D eigenvalue weighted by Crippen LogP contribution is 2.31. The summed E-state index contributed by atoms with van der Waals surface area (Å²) in [6.07, 6.45) is 5.72. The molecule has 0 radical (unpaired) electrons. The van der Waals surface area contributed by atoms with Crippen molar-refractivity contribution >= 4 is 5.97 Å². The van der Waals surface area contributed by atoms with Crippen LogP contribution in [0.15, 0.2) is 0 Å². The second-order valence-corrected chi connectivity index (χ2v) is 3.95. The molecule has 3 nitrogen and oxygen atoms in total. The predicted molar refractivity (Wildman–Crippen MR) is 44.9 cm³/mol. The number of carboxylic acid groups (broad SMARTS) is 1. The Bertz CT molecular complexity index is 185. The largest absolute Gasteiger partial charge is 0.480 e. The zero-order valence-corrected chi connectivity index (χ0v) is 7.12. The lowest BCUT2D eigenvalue weighted by Crippen LogP contribution is -2.46. The monoisotopic (exact) mass is 169 g/mol. The number of hydrogen-bond acceptors (Lipinski definition) is 2. The minimum absolute atomic E-state index is 0.258. The fourth-order valence-electron chi connectivity index (χ4n) is 1.69. The fraction of sp³-hybridized carbons (Fsp3) is 0.889. The van der Waals surface area contributed by atoms with Gasteiger partial charge in [-0.05, 0) is 31.6 Å². The minimum atomic E-state index is -0.661. The molecule has 3 heteroatoms. The summed E-state index contributed by atoms with van der Waals surface area (Å²) in [5.41, 5.74) is 0. The SMILES string of the molecule is O=C(O)C(NC1CC1)C1CCC1. The first-order valence-electron chi connectivity index (χ1n) is 4.76. The maximum atomic E-state index is 10.8. The van der Waals surface area contributed by atoms with Crippen molar-refractivity contribution in [3.05, 3.63) is 0 Å². The van der Waals surface area contributed by atoms with Crippen LogP contribution >= 0.6 is 0 Å². The third kappa shape index (κ3) is 1.61. The lowest BCUT2D eigenvalue weighted by molar-refractivity contribution is -0.142. The zero-order chi connectivity index (χ0) is 8.55. The number of carbonyl (C=O) groups is 1. The van der Waals surface area contributed by atoms with E-state index in [4.69, 9.17) is 5.11 Å². The van der Waals surface area contributed by atoms with E-state index in [0.717, 1.165) is 25.7 Å². The molecule has 0 aromatic rings. The highest BCUT2D eigenvalue weighted by atomic mass is 16.4. The van der Waals surface area contributed by atoms with Gasteiger partial charge in [0.2, 0.25) is 0 Å². The van der Waals surface area contributed by atoms with Crippen molar-refractivity contribution in [2.45, 2.75) is 44.2 Å². The molecule has 2 saturated carbocycles. The molecule has 2 rings (SSSR count). The molecule has 1 atom stereocenters. The summed E-state index contributed by atoms with van der Waals surface area (Å²) in [6, 6.07) is 0.248. The molecule has 2 N–H and O–H groups in total. The normalized spacial score (nSPS) is 26.3. The molecule has 0 spiro atoms. The third-order valence-corrected chi connectivity index (χ3v) is 2.88. The molecule has 0 aromatic heterocycles. The summed E-state index contributed by atoms with van der Waals surface area (Å²) in [6.45, 7) is 0. The van der Waals surface area contributed by atoms with Crippen molar-refractivity contribution in [3.63, 3.8) is 0 Å². The number of rotatable bonds is 4. The number of carboxylic acids is 1. The van der Waals surface area contributed by atoms with Crippen molar-refractivity contribution < 1.29 is 9.90 Å². The van der Waals surface area contributed by atoms with Crippen LogP contribution < -0.4 is 5.32 Å². The second kappa shape index (κ2) is 3.05. The molecule has 2 aliphatic carbocycles.